The smallest absolute Gasteiger partial charge is 0.211 e. The van der Waals surface area contributed by atoms with Crippen LogP contribution >= 0.6 is 11.3 Å². The highest BCUT2D eigenvalue weighted by atomic mass is 32.1. The lowest BCUT2D eigenvalue weighted by molar-refractivity contribution is 0.415. The van der Waals surface area contributed by atoms with E-state index in [1.807, 2.05) is 61.0 Å². The van der Waals surface area contributed by atoms with E-state index in [0.29, 0.717) is 0 Å². The number of thiazole rings is 1. The Morgan fingerprint density at radius 2 is 1.96 bits per heavy atom. The van der Waals surface area contributed by atoms with E-state index in [2.05, 4.69) is 15.2 Å². The Kier molecular flexibility index (Phi) is 3.54. The highest BCUT2D eigenvalue weighted by Gasteiger charge is 2.18. The van der Waals surface area contributed by atoms with Crippen LogP contribution in [0.4, 0.5) is 5.69 Å². The maximum atomic E-state index is 5.29. The third kappa shape index (κ3) is 2.35. The van der Waals surface area contributed by atoms with Crippen LogP contribution in [0.2, 0.25) is 0 Å². The molecule has 1 aliphatic heterocycles. The zero-order valence-electron chi connectivity index (χ0n) is 13.6. The summed E-state index contributed by atoms with van der Waals surface area (Å²) in [6.45, 7) is 1.96. The predicted molar refractivity (Wildman–Crippen MR) is 98.7 cm³/mol. The van der Waals surface area contributed by atoms with Crippen LogP contribution in [0.15, 0.2) is 57.7 Å². The van der Waals surface area contributed by atoms with Gasteiger partial charge in [0.2, 0.25) is 4.80 Å². The maximum absolute atomic E-state index is 5.29. The molecule has 2 aromatic carbocycles. The SMILES string of the molecule is COc1ccc2c(c1)s/c(=N\N=C1C(C)=Nc3ccccc31)n2C. The van der Waals surface area contributed by atoms with E-state index in [-0.39, 0.29) is 0 Å². The number of aryl methyl sites for hydroxylation is 1. The van der Waals surface area contributed by atoms with Crippen molar-refractivity contribution in [1.82, 2.24) is 4.57 Å². The van der Waals surface area contributed by atoms with Gasteiger partial charge in [-0.1, -0.05) is 29.5 Å². The molecule has 0 radical (unpaired) electrons. The van der Waals surface area contributed by atoms with Gasteiger partial charge in [-0.2, -0.15) is 0 Å². The first kappa shape index (κ1) is 14.8. The Hall–Kier alpha value is -2.73. The van der Waals surface area contributed by atoms with Gasteiger partial charge in [0.1, 0.15) is 11.5 Å². The quantitative estimate of drug-likeness (QED) is 0.659. The van der Waals surface area contributed by atoms with E-state index < -0.39 is 0 Å². The Morgan fingerprint density at radius 3 is 2.79 bits per heavy atom. The fraction of sp³-hybridized carbons (Fsp3) is 0.167. The van der Waals surface area contributed by atoms with Crippen LogP contribution in [-0.4, -0.2) is 23.1 Å². The van der Waals surface area contributed by atoms with E-state index in [0.717, 1.165) is 43.4 Å². The van der Waals surface area contributed by atoms with Crippen LogP contribution in [-0.2, 0) is 7.05 Å². The summed E-state index contributed by atoms with van der Waals surface area (Å²) in [4.78, 5) is 5.38. The first-order valence-corrected chi connectivity index (χ1v) is 8.39. The summed E-state index contributed by atoms with van der Waals surface area (Å²) in [5, 5.41) is 8.96. The average Bonchev–Trinajstić information content (AvgIpc) is 3.09. The number of aromatic nitrogens is 1. The third-order valence-corrected chi connectivity index (χ3v) is 5.13. The van der Waals surface area contributed by atoms with Crippen molar-refractivity contribution in [3.05, 3.63) is 52.8 Å². The van der Waals surface area contributed by atoms with Crippen molar-refractivity contribution in [3.63, 3.8) is 0 Å². The second-order valence-corrected chi connectivity index (χ2v) is 6.55. The molecule has 5 nitrogen and oxygen atoms in total. The Labute approximate surface area is 143 Å². The summed E-state index contributed by atoms with van der Waals surface area (Å²) in [6, 6.07) is 14.0. The van der Waals surface area contributed by atoms with Crippen molar-refractivity contribution >= 4 is 38.7 Å². The van der Waals surface area contributed by atoms with Crippen LogP contribution in [0.1, 0.15) is 12.5 Å². The van der Waals surface area contributed by atoms with Crippen molar-refractivity contribution in [1.29, 1.82) is 0 Å². The molecule has 4 rings (SSSR count). The van der Waals surface area contributed by atoms with Gasteiger partial charge < -0.3 is 9.30 Å². The molecule has 0 fully saturated rings. The van der Waals surface area contributed by atoms with E-state index in [4.69, 9.17) is 4.74 Å². The number of para-hydroxylation sites is 1. The summed E-state index contributed by atoms with van der Waals surface area (Å²) in [7, 11) is 3.67. The van der Waals surface area contributed by atoms with Gasteiger partial charge >= 0.3 is 0 Å². The molecule has 1 aromatic heterocycles. The Balaban J connectivity index is 1.84. The molecule has 3 aromatic rings. The fourth-order valence-corrected chi connectivity index (χ4v) is 3.75. The molecule has 24 heavy (non-hydrogen) atoms. The minimum atomic E-state index is 0.834. The Morgan fingerprint density at radius 1 is 1.12 bits per heavy atom. The van der Waals surface area contributed by atoms with Gasteiger partial charge in [-0.3, -0.25) is 4.99 Å². The number of fused-ring (bicyclic) bond motifs is 2. The number of hydrogen-bond acceptors (Lipinski definition) is 5. The average molecular weight is 336 g/mol. The molecule has 0 aliphatic carbocycles. The molecule has 0 bridgehead atoms. The minimum Gasteiger partial charge on any atom is -0.497 e. The molecule has 0 saturated carbocycles. The van der Waals surface area contributed by atoms with E-state index >= 15 is 0 Å². The summed E-state index contributed by atoms with van der Waals surface area (Å²) < 4.78 is 8.45. The highest BCUT2D eigenvalue weighted by molar-refractivity contribution is 7.16. The van der Waals surface area contributed by atoms with E-state index in [9.17, 15) is 0 Å². The van der Waals surface area contributed by atoms with E-state index in [1.54, 1.807) is 18.4 Å². The summed E-state index contributed by atoms with van der Waals surface area (Å²) in [5.74, 6) is 0.843. The molecule has 0 spiro atoms. The lowest BCUT2D eigenvalue weighted by Gasteiger charge is -1.99. The molecule has 2 heterocycles. The molecular formula is C18H16N4OS. The number of rotatable bonds is 2. The summed E-state index contributed by atoms with van der Waals surface area (Å²) in [6.07, 6.45) is 0. The number of nitrogens with zero attached hydrogens (tertiary/aromatic N) is 4. The lowest BCUT2D eigenvalue weighted by Crippen LogP contribution is -2.11. The number of benzene rings is 2. The lowest BCUT2D eigenvalue weighted by atomic mass is 10.1. The second kappa shape index (κ2) is 5.72. The predicted octanol–water partition coefficient (Wildman–Crippen LogP) is 3.66. The minimum absolute atomic E-state index is 0.834. The van der Waals surface area contributed by atoms with Crippen LogP contribution < -0.4 is 9.54 Å². The normalized spacial score (nSPS) is 15.9. The first-order chi connectivity index (χ1) is 11.7. The molecule has 0 saturated heterocycles. The largest absolute Gasteiger partial charge is 0.497 e. The third-order valence-electron chi connectivity index (χ3n) is 4.04. The highest BCUT2D eigenvalue weighted by Crippen LogP contribution is 2.26. The van der Waals surface area contributed by atoms with Crippen LogP contribution in [0, 0.1) is 0 Å². The van der Waals surface area contributed by atoms with Gasteiger partial charge in [0, 0.05) is 12.6 Å². The van der Waals surface area contributed by atoms with Gasteiger partial charge in [-0.05, 0) is 31.2 Å². The monoisotopic (exact) mass is 336 g/mol. The molecular weight excluding hydrogens is 320 g/mol. The molecule has 6 heteroatoms. The van der Waals surface area contributed by atoms with Crippen molar-refractivity contribution < 1.29 is 4.74 Å². The van der Waals surface area contributed by atoms with Gasteiger partial charge in [0.15, 0.2) is 0 Å². The zero-order valence-corrected chi connectivity index (χ0v) is 14.5. The van der Waals surface area contributed by atoms with Crippen molar-refractivity contribution in [2.45, 2.75) is 6.92 Å². The fourth-order valence-electron chi connectivity index (χ4n) is 2.76. The molecule has 0 amide bonds. The van der Waals surface area contributed by atoms with Crippen LogP contribution in [0.3, 0.4) is 0 Å². The second-order valence-electron chi connectivity index (χ2n) is 5.54. The maximum Gasteiger partial charge on any atom is 0.211 e. The summed E-state index contributed by atoms with van der Waals surface area (Å²) >= 11 is 1.59. The van der Waals surface area contributed by atoms with Gasteiger partial charge in [0.05, 0.1) is 28.7 Å². The van der Waals surface area contributed by atoms with Gasteiger partial charge in [-0.25, -0.2) is 0 Å². The van der Waals surface area contributed by atoms with Crippen molar-refractivity contribution in [3.8, 4) is 5.75 Å². The van der Waals surface area contributed by atoms with Crippen molar-refractivity contribution in [2.75, 3.05) is 7.11 Å². The molecule has 0 atom stereocenters. The molecule has 1 aliphatic rings. The summed E-state index contributed by atoms with van der Waals surface area (Å²) in [5.41, 5.74) is 4.82. The zero-order chi connectivity index (χ0) is 16.7. The van der Waals surface area contributed by atoms with Crippen molar-refractivity contribution in [2.24, 2.45) is 22.2 Å². The number of hydrogen-bond donors (Lipinski definition) is 0. The van der Waals surface area contributed by atoms with Gasteiger partial charge in [0.25, 0.3) is 0 Å². The van der Waals surface area contributed by atoms with Gasteiger partial charge in [-0.15, -0.1) is 10.2 Å². The number of methoxy groups -OCH3 is 1. The number of aliphatic imine (C=N–C) groups is 1. The topological polar surface area (TPSA) is 51.2 Å². The first-order valence-electron chi connectivity index (χ1n) is 7.57. The van der Waals surface area contributed by atoms with E-state index in [1.165, 1.54) is 0 Å². The van der Waals surface area contributed by atoms with Crippen LogP contribution in [0.5, 0.6) is 5.75 Å². The standard InChI is InChI=1S/C18H16N4OS/c1-11-17(13-6-4-5-7-14(13)19-11)20-21-18-22(2)15-9-8-12(23-3)10-16(15)24-18/h4-10H,1-3H3/b20-17?,21-18-. The molecule has 0 unspecified atom stereocenters. The Bertz CT molecular complexity index is 1070. The molecule has 120 valence electrons. The van der Waals surface area contributed by atoms with Crippen LogP contribution in [0.25, 0.3) is 10.2 Å². The number of ether oxygens (including phenoxy) is 1. The molecule has 0 N–H and O–H groups in total.